The van der Waals surface area contributed by atoms with E-state index < -0.39 is 0 Å². The first-order chi connectivity index (χ1) is 6.75. The Morgan fingerprint density at radius 2 is 2.31 bits per heavy atom. The molecule has 1 aliphatic rings. The number of carbonyl (C=O) groups excluding carboxylic acids is 1. The molecule has 0 unspecified atom stereocenters. The average molecular weight is 266 g/mol. The molecule has 2 rings (SSSR count). The molecule has 2 N–H and O–H groups in total. The van der Waals surface area contributed by atoms with Crippen LogP contribution in [-0.2, 0) is 18.4 Å². The summed E-state index contributed by atoms with van der Waals surface area (Å²) in [5.41, 5.74) is 1.14. The van der Waals surface area contributed by atoms with Gasteiger partial charge in [0.1, 0.15) is 0 Å². The molecule has 1 fully saturated rings. The molecule has 1 aromatic rings. The zero-order valence-corrected chi connectivity index (χ0v) is 10.7. The van der Waals surface area contributed by atoms with Crippen molar-refractivity contribution in [3.05, 3.63) is 24.0 Å². The van der Waals surface area contributed by atoms with Crippen LogP contribution in [0, 0.1) is 0 Å². The maximum absolute atomic E-state index is 11.4. The minimum Gasteiger partial charge on any atom is -0.357 e. The zero-order valence-electron chi connectivity index (χ0n) is 9.10. The highest BCUT2D eigenvalue weighted by Crippen LogP contribution is 2.03. The lowest BCUT2D eigenvalue weighted by atomic mass is 10.1. The first-order valence-electron chi connectivity index (χ1n) is 4.87. The first kappa shape index (κ1) is 15.3. The van der Waals surface area contributed by atoms with Crippen LogP contribution < -0.4 is 10.6 Å². The number of hydrogen-bond acceptors (Lipinski definition) is 2. The van der Waals surface area contributed by atoms with Crippen LogP contribution >= 0.6 is 24.8 Å². The van der Waals surface area contributed by atoms with Gasteiger partial charge in [0.15, 0.2) is 0 Å². The van der Waals surface area contributed by atoms with Gasteiger partial charge in [-0.3, -0.25) is 4.79 Å². The van der Waals surface area contributed by atoms with Crippen molar-refractivity contribution in [1.29, 1.82) is 0 Å². The first-order valence-corrected chi connectivity index (χ1v) is 4.87. The number of aromatic nitrogens is 1. The van der Waals surface area contributed by atoms with Crippen molar-refractivity contribution in [3.63, 3.8) is 0 Å². The van der Waals surface area contributed by atoms with Gasteiger partial charge in [-0.25, -0.2) is 0 Å². The molecular formula is C10H17Cl2N3O. The van der Waals surface area contributed by atoms with Crippen LogP contribution in [0.3, 0.4) is 0 Å². The van der Waals surface area contributed by atoms with E-state index in [-0.39, 0.29) is 36.8 Å². The van der Waals surface area contributed by atoms with Crippen LogP contribution in [0.15, 0.2) is 18.5 Å². The lowest BCUT2D eigenvalue weighted by Gasteiger charge is -2.26. The van der Waals surface area contributed by atoms with E-state index in [2.05, 4.69) is 10.6 Å². The molecule has 0 radical (unpaired) electrons. The van der Waals surface area contributed by atoms with Gasteiger partial charge in [-0.1, -0.05) is 0 Å². The van der Waals surface area contributed by atoms with E-state index in [0.717, 1.165) is 18.5 Å². The minimum absolute atomic E-state index is 0. The third-order valence-electron chi connectivity index (χ3n) is 2.50. The molecule has 4 nitrogen and oxygen atoms in total. The van der Waals surface area contributed by atoms with Gasteiger partial charge in [-0.05, 0) is 24.6 Å². The summed E-state index contributed by atoms with van der Waals surface area (Å²) in [5.74, 6) is 0.111. The van der Waals surface area contributed by atoms with Gasteiger partial charge in [0.05, 0.1) is 6.04 Å². The van der Waals surface area contributed by atoms with E-state index in [9.17, 15) is 4.79 Å². The summed E-state index contributed by atoms with van der Waals surface area (Å²) in [5, 5.41) is 5.97. The topological polar surface area (TPSA) is 46.1 Å². The average Bonchev–Trinajstić information content (AvgIpc) is 2.45. The van der Waals surface area contributed by atoms with Gasteiger partial charge < -0.3 is 15.2 Å². The summed E-state index contributed by atoms with van der Waals surface area (Å²) in [6.07, 6.45) is 4.94. The van der Waals surface area contributed by atoms with Gasteiger partial charge >= 0.3 is 0 Å². The molecule has 0 bridgehead atoms. The van der Waals surface area contributed by atoms with Crippen molar-refractivity contribution in [1.82, 2.24) is 15.2 Å². The number of nitrogens with one attached hydrogen (secondary N) is 2. The summed E-state index contributed by atoms with van der Waals surface area (Å²) in [6, 6.07) is 2.05. The van der Waals surface area contributed by atoms with E-state index in [1.807, 2.05) is 30.1 Å². The monoisotopic (exact) mass is 265 g/mol. The Labute approximate surface area is 108 Å². The minimum atomic E-state index is 0. The molecule has 0 aromatic carbocycles. The Morgan fingerprint density at radius 1 is 1.62 bits per heavy atom. The molecule has 0 aliphatic carbocycles. The van der Waals surface area contributed by atoms with Crippen molar-refractivity contribution < 1.29 is 4.79 Å². The summed E-state index contributed by atoms with van der Waals surface area (Å²) in [4.78, 5) is 11.4. The number of carbonyl (C=O) groups is 1. The van der Waals surface area contributed by atoms with Crippen molar-refractivity contribution in [2.24, 2.45) is 7.05 Å². The van der Waals surface area contributed by atoms with Crippen molar-refractivity contribution in [3.8, 4) is 0 Å². The Kier molecular flexibility index (Phi) is 6.48. The van der Waals surface area contributed by atoms with Crippen LogP contribution in [0.4, 0.5) is 0 Å². The van der Waals surface area contributed by atoms with Gasteiger partial charge in [0.25, 0.3) is 0 Å². The number of hydrogen-bond donors (Lipinski definition) is 2. The molecule has 2 heterocycles. The van der Waals surface area contributed by atoms with Gasteiger partial charge in [0, 0.05) is 26.0 Å². The maximum atomic E-state index is 11.4. The van der Waals surface area contributed by atoms with E-state index in [0.29, 0.717) is 6.54 Å². The highest BCUT2D eigenvalue weighted by Gasteiger charge is 2.23. The largest absolute Gasteiger partial charge is 0.357 e. The molecule has 16 heavy (non-hydrogen) atoms. The number of rotatable bonds is 3. The van der Waals surface area contributed by atoms with Gasteiger partial charge in [-0.15, -0.1) is 24.8 Å². The van der Waals surface area contributed by atoms with Crippen LogP contribution in [0.1, 0.15) is 12.0 Å². The second-order valence-corrected chi connectivity index (χ2v) is 3.70. The van der Waals surface area contributed by atoms with Crippen molar-refractivity contribution in [2.75, 3.05) is 6.54 Å². The predicted octanol–water partition coefficient (Wildman–Crippen LogP) is 0.847. The zero-order chi connectivity index (χ0) is 9.97. The van der Waals surface area contributed by atoms with Crippen molar-refractivity contribution >= 4 is 30.7 Å². The number of amides is 1. The van der Waals surface area contributed by atoms with E-state index in [1.165, 1.54) is 0 Å². The summed E-state index contributed by atoms with van der Waals surface area (Å²) >= 11 is 0. The third kappa shape index (κ3) is 3.70. The Morgan fingerprint density at radius 3 is 2.75 bits per heavy atom. The van der Waals surface area contributed by atoms with Crippen molar-refractivity contribution in [2.45, 2.75) is 19.0 Å². The highest BCUT2D eigenvalue weighted by molar-refractivity contribution is 5.85. The molecule has 1 aromatic heterocycles. The lowest BCUT2D eigenvalue weighted by Crippen LogP contribution is -2.52. The molecule has 6 heteroatoms. The van der Waals surface area contributed by atoms with E-state index in [4.69, 9.17) is 0 Å². The highest BCUT2D eigenvalue weighted by atomic mass is 35.5. The Hall–Kier alpha value is -0.710. The molecule has 1 amide bonds. The van der Waals surface area contributed by atoms with Crippen LogP contribution in [0.2, 0.25) is 0 Å². The second kappa shape index (κ2) is 6.78. The smallest absolute Gasteiger partial charge is 0.237 e. The number of aryl methyl sites for hydroxylation is 1. The van der Waals surface area contributed by atoms with Gasteiger partial charge in [0.2, 0.25) is 5.91 Å². The fourth-order valence-electron chi connectivity index (χ4n) is 1.49. The third-order valence-corrected chi connectivity index (χ3v) is 2.50. The van der Waals surface area contributed by atoms with E-state index in [1.54, 1.807) is 0 Å². The number of nitrogens with zero attached hydrogens (tertiary/aromatic N) is 1. The fraction of sp³-hybridized carbons (Fsp3) is 0.500. The number of halogens is 2. The standard InChI is InChI=1S/C10H15N3O.2ClH/c1-13-5-3-8(7-13)6-12-10(14)9-2-4-11-9;;/h3,5,7,9,11H,2,4,6H2,1H3,(H,12,14);2*1H/t9-;;/m1../s1. The van der Waals surface area contributed by atoms with Gasteiger partial charge in [-0.2, -0.15) is 0 Å². The molecule has 92 valence electrons. The molecule has 0 saturated carbocycles. The molecule has 1 aliphatic heterocycles. The predicted molar refractivity (Wildman–Crippen MR) is 68.2 cm³/mol. The van der Waals surface area contributed by atoms with E-state index >= 15 is 0 Å². The Bertz CT molecular complexity index is 337. The summed E-state index contributed by atoms with van der Waals surface area (Å²) < 4.78 is 1.98. The summed E-state index contributed by atoms with van der Waals surface area (Å²) in [6.45, 7) is 1.58. The molecule has 1 saturated heterocycles. The molecule has 1 atom stereocenters. The summed E-state index contributed by atoms with van der Waals surface area (Å²) in [7, 11) is 1.97. The maximum Gasteiger partial charge on any atom is 0.237 e. The second-order valence-electron chi connectivity index (χ2n) is 3.70. The normalized spacial score (nSPS) is 17.7. The quantitative estimate of drug-likeness (QED) is 0.852. The van der Waals surface area contributed by atoms with Crippen LogP contribution in [-0.4, -0.2) is 23.1 Å². The van der Waals surface area contributed by atoms with Crippen LogP contribution in [0.25, 0.3) is 0 Å². The SMILES string of the molecule is Cl.Cl.Cn1ccc(CNC(=O)[C@H]2CCN2)c1. The molecular weight excluding hydrogens is 249 g/mol. The lowest BCUT2D eigenvalue weighted by molar-refractivity contribution is -0.124. The van der Waals surface area contributed by atoms with Crippen LogP contribution in [0.5, 0.6) is 0 Å². The molecule has 0 spiro atoms. The fourth-order valence-corrected chi connectivity index (χ4v) is 1.49. The Balaban J connectivity index is 0.00000112.